The summed E-state index contributed by atoms with van der Waals surface area (Å²) in [5, 5.41) is 0.853. The molecule has 0 fully saturated rings. The summed E-state index contributed by atoms with van der Waals surface area (Å²) in [4.78, 5) is 0. The molecule has 0 bridgehead atoms. The standard InChI is InChI=1S/C23H29Cl/c1-22(2,3)17-10-11-21(24)19(14-17)18-12-15-8-7-9-16(15)13-20(18)23(4,5)6/h10-14H,7-9H2,1-6H3. The van der Waals surface area contributed by atoms with Gasteiger partial charge in [0.05, 0.1) is 0 Å². The van der Waals surface area contributed by atoms with Crippen molar-refractivity contribution in [1.82, 2.24) is 0 Å². The first kappa shape index (κ1) is 17.5. The highest BCUT2D eigenvalue weighted by atomic mass is 35.5. The van der Waals surface area contributed by atoms with Crippen molar-refractivity contribution in [3.05, 3.63) is 57.6 Å². The molecular weight excluding hydrogens is 312 g/mol. The van der Waals surface area contributed by atoms with Gasteiger partial charge in [0, 0.05) is 10.6 Å². The highest BCUT2D eigenvalue weighted by Crippen LogP contribution is 2.41. The molecule has 2 aromatic rings. The van der Waals surface area contributed by atoms with Gasteiger partial charge in [0.25, 0.3) is 0 Å². The number of benzene rings is 2. The van der Waals surface area contributed by atoms with Crippen LogP contribution in [0.1, 0.15) is 70.2 Å². The maximum atomic E-state index is 6.65. The monoisotopic (exact) mass is 340 g/mol. The smallest absolute Gasteiger partial charge is 0.0484 e. The Morgan fingerprint density at radius 3 is 1.96 bits per heavy atom. The molecule has 0 spiro atoms. The van der Waals surface area contributed by atoms with Crippen molar-refractivity contribution < 1.29 is 0 Å². The van der Waals surface area contributed by atoms with Gasteiger partial charge >= 0.3 is 0 Å². The van der Waals surface area contributed by atoms with Gasteiger partial charge in [0.15, 0.2) is 0 Å². The van der Waals surface area contributed by atoms with E-state index in [2.05, 4.69) is 71.9 Å². The van der Waals surface area contributed by atoms with Crippen LogP contribution in [0.4, 0.5) is 0 Å². The lowest BCUT2D eigenvalue weighted by Crippen LogP contribution is -2.14. The first-order valence-electron chi connectivity index (χ1n) is 9.04. The van der Waals surface area contributed by atoms with Gasteiger partial charge in [-0.1, -0.05) is 71.3 Å². The maximum Gasteiger partial charge on any atom is 0.0484 e. The second-order valence-corrected chi connectivity index (χ2v) is 9.62. The summed E-state index contributed by atoms with van der Waals surface area (Å²) in [5.41, 5.74) is 8.52. The van der Waals surface area contributed by atoms with Crippen molar-refractivity contribution in [1.29, 1.82) is 0 Å². The zero-order valence-corrected chi connectivity index (χ0v) is 16.6. The van der Waals surface area contributed by atoms with E-state index in [0.29, 0.717) is 0 Å². The minimum atomic E-state index is 0.105. The van der Waals surface area contributed by atoms with E-state index in [9.17, 15) is 0 Å². The number of fused-ring (bicyclic) bond motifs is 1. The summed E-state index contributed by atoms with van der Waals surface area (Å²) >= 11 is 6.65. The molecule has 0 saturated heterocycles. The Kier molecular flexibility index (Phi) is 4.33. The van der Waals surface area contributed by atoms with Crippen LogP contribution in [0.3, 0.4) is 0 Å². The van der Waals surface area contributed by atoms with Crippen molar-refractivity contribution >= 4 is 11.6 Å². The fourth-order valence-electron chi connectivity index (χ4n) is 3.67. The molecule has 0 nitrogen and oxygen atoms in total. The van der Waals surface area contributed by atoms with E-state index in [-0.39, 0.29) is 10.8 Å². The third kappa shape index (κ3) is 3.26. The topological polar surface area (TPSA) is 0 Å². The van der Waals surface area contributed by atoms with Crippen LogP contribution in [-0.2, 0) is 23.7 Å². The summed E-state index contributed by atoms with van der Waals surface area (Å²) in [7, 11) is 0. The van der Waals surface area contributed by atoms with Crippen LogP contribution in [-0.4, -0.2) is 0 Å². The van der Waals surface area contributed by atoms with E-state index in [0.717, 1.165) is 5.02 Å². The summed E-state index contributed by atoms with van der Waals surface area (Å²) in [5.74, 6) is 0. The van der Waals surface area contributed by atoms with Crippen molar-refractivity contribution in [2.45, 2.75) is 71.6 Å². The van der Waals surface area contributed by atoms with Gasteiger partial charge in [-0.3, -0.25) is 0 Å². The van der Waals surface area contributed by atoms with Crippen LogP contribution in [0, 0.1) is 0 Å². The largest absolute Gasteiger partial charge is 0.0837 e. The lowest BCUT2D eigenvalue weighted by molar-refractivity contribution is 0.588. The number of halogens is 1. The molecule has 0 radical (unpaired) electrons. The van der Waals surface area contributed by atoms with Crippen LogP contribution in [0.15, 0.2) is 30.3 Å². The molecule has 0 aliphatic heterocycles. The lowest BCUT2D eigenvalue weighted by atomic mass is 9.79. The molecule has 128 valence electrons. The second-order valence-electron chi connectivity index (χ2n) is 9.21. The fraction of sp³-hybridized carbons (Fsp3) is 0.478. The predicted octanol–water partition coefficient (Wildman–Crippen LogP) is 7.09. The molecule has 0 aromatic heterocycles. The normalized spacial score (nSPS) is 14.8. The minimum Gasteiger partial charge on any atom is -0.0837 e. The number of hydrogen-bond donors (Lipinski definition) is 0. The summed E-state index contributed by atoms with van der Waals surface area (Å²) in [6, 6.07) is 11.4. The summed E-state index contributed by atoms with van der Waals surface area (Å²) < 4.78 is 0. The highest BCUT2D eigenvalue weighted by Gasteiger charge is 2.25. The first-order valence-corrected chi connectivity index (χ1v) is 9.42. The van der Waals surface area contributed by atoms with Gasteiger partial charge in [-0.15, -0.1) is 0 Å². The quantitative estimate of drug-likeness (QED) is 0.519. The van der Waals surface area contributed by atoms with Gasteiger partial charge in [-0.05, 0) is 70.0 Å². The molecule has 0 unspecified atom stereocenters. The SMILES string of the molecule is CC(C)(C)c1ccc(Cl)c(-c2cc3c(cc2C(C)(C)C)CCC3)c1. The Balaban J connectivity index is 2.26. The van der Waals surface area contributed by atoms with Gasteiger partial charge < -0.3 is 0 Å². The van der Waals surface area contributed by atoms with Gasteiger partial charge in [0.2, 0.25) is 0 Å². The van der Waals surface area contributed by atoms with Gasteiger partial charge in [-0.25, -0.2) is 0 Å². The van der Waals surface area contributed by atoms with Crippen LogP contribution < -0.4 is 0 Å². The van der Waals surface area contributed by atoms with E-state index < -0.39 is 0 Å². The molecule has 0 N–H and O–H groups in total. The Morgan fingerprint density at radius 1 is 0.750 bits per heavy atom. The minimum absolute atomic E-state index is 0.105. The molecule has 0 amide bonds. The molecule has 24 heavy (non-hydrogen) atoms. The van der Waals surface area contributed by atoms with Crippen molar-refractivity contribution in [2.75, 3.05) is 0 Å². The number of aryl methyl sites for hydroxylation is 2. The average Bonchev–Trinajstić information content (AvgIpc) is 2.91. The van der Waals surface area contributed by atoms with E-state index in [1.807, 2.05) is 0 Å². The highest BCUT2D eigenvalue weighted by molar-refractivity contribution is 6.33. The van der Waals surface area contributed by atoms with E-state index in [4.69, 9.17) is 11.6 Å². The van der Waals surface area contributed by atoms with Crippen LogP contribution in [0.25, 0.3) is 11.1 Å². The van der Waals surface area contributed by atoms with Crippen molar-refractivity contribution in [3.63, 3.8) is 0 Å². The lowest BCUT2D eigenvalue weighted by Gasteiger charge is -2.26. The Morgan fingerprint density at radius 2 is 1.38 bits per heavy atom. The van der Waals surface area contributed by atoms with Gasteiger partial charge in [-0.2, -0.15) is 0 Å². The molecule has 3 rings (SSSR count). The van der Waals surface area contributed by atoms with Crippen molar-refractivity contribution in [2.24, 2.45) is 0 Å². The van der Waals surface area contributed by atoms with E-state index in [1.54, 1.807) is 0 Å². The Hall–Kier alpha value is -1.27. The third-order valence-corrected chi connectivity index (χ3v) is 5.49. The number of rotatable bonds is 1. The maximum absolute atomic E-state index is 6.65. The molecule has 0 saturated carbocycles. The summed E-state index contributed by atoms with van der Waals surface area (Å²) in [6.07, 6.45) is 3.69. The van der Waals surface area contributed by atoms with E-state index in [1.165, 1.54) is 52.6 Å². The third-order valence-electron chi connectivity index (χ3n) is 5.16. The van der Waals surface area contributed by atoms with Crippen LogP contribution >= 0.6 is 11.6 Å². The summed E-state index contributed by atoms with van der Waals surface area (Å²) in [6.45, 7) is 13.7. The predicted molar refractivity (Wildman–Crippen MR) is 106 cm³/mol. The zero-order valence-electron chi connectivity index (χ0n) is 15.9. The molecule has 1 aliphatic rings. The fourth-order valence-corrected chi connectivity index (χ4v) is 3.88. The molecule has 1 heteroatoms. The van der Waals surface area contributed by atoms with Crippen LogP contribution in [0.2, 0.25) is 5.02 Å². The first-order chi connectivity index (χ1) is 11.1. The Bertz CT molecular complexity index is 770. The van der Waals surface area contributed by atoms with Crippen LogP contribution in [0.5, 0.6) is 0 Å². The molecule has 2 aromatic carbocycles. The number of hydrogen-bond acceptors (Lipinski definition) is 0. The van der Waals surface area contributed by atoms with Gasteiger partial charge in [0.1, 0.15) is 0 Å². The molecular formula is C23H29Cl. The molecule has 1 aliphatic carbocycles. The van der Waals surface area contributed by atoms with E-state index >= 15 is 0 Å². The second kappa shape index (κ2) is 5.92. The average molecular weight is 341 g/mol. The zero-order chi connectivity index (χ0) is 17.7. The van der Waals surface area contributed by atoms with Crippen molar-refractivity contribution in [3.8, 4) is 11.1 Å². The molecule has 0 heterocycles. The molecule has 0 atom stereocenters. The Labute approximate surface area is 152 Å².